The molecule has 0 bridgehead atoms. The number of aliphatic hydroxyl groups is 1. The van der Waals surface area contributed by atoms with Gasteiger partial charge in [0.1, 0.15) is 0 Å². The fraction of sp³-hybridized carbons (Fsp3) is 0.933. The molecule has 1 heterocycles. The third-order valence-corrected chi connectivity index (χ3v) is 4.72. The lowest BCUT2D eigenvalue weighted by molar-refractivity contribution is -0.132. The average Bonchev–Trinajstić information content (AvgIpc) is 2.90. The maximum Gasteiger partial charge on any atom is 0.219 e. The van der Waals surface area contributed by atoms with Crippen LogP contribution in [0.1, 0.15) is 52.4 Å². The van der Waals surface area contributed by atoms with E-state index in [2.05, 4.69) is 5.32 Å². The molecule has 3 atom stereocenters. The van der Waals surface area contributed by atoms with Crippen molar-refractivity contribution in [1.29, 1.82) is 0 Å². The van der Waals surface area contributed by atoms with Gasteiger partial charge in [-0.2, -0.15) is 0 Å². The largest absolute Gasteiger partial charge is 0.393 e. The number of piperidine rings is 1. The van der Waals surface area contributed by atoms with Gasteiger partial charge in [-0.25, -0.2) is 0 Å². The van der Waals surface area contributed by atoms with Crippen molar-refractivity contribution in [2.75, 3.05) is 13.1 Å². The van der Waals surface area contributed by atoms with Crippen LogP contribution in [0.3, 0.4) is 0 Å². The van der Waals surface area contributed by atoms with E-state index in [0.717, 1.165) is 19.4 Å². The standard InChI is InChI=1S/C15H28N2O2/c1-3-15(19)12-8-14(10-17(9-12)11(2)18)16-13-6-4-5-7-13/h12-16,19H,3-10H2,1-2H3. The molecule has 4 nitrogen and oxygen atoms in total. The Hall–Kier alpha value is -0.610. The van der Waals surface area contributed by atoms with Crippen molar-refractivity contribution in [2.45, 2.75) is 70.6 Å². The molecule has 3 unspecified atom stereocenters. The minimum Gasteiger partial charge on any atom is -0.393 e. The zero-order chi connectivity index (χ0) is 13.8. The van der Waals surface area contributed by atoms with Crippen LogP contribution >= 0.6 is 0 Å². The topological polar surface area (TPSA) is 52.6 Å². The zero-order valence-corrected chi connectivity index (χ0v) is 12.3. The molecule has 1 amide bonds. The summed E-state index contributed by atoms with van der Waals surface area (Å²) in [6.45, 7) is 5.16. The van der Waals surface area contributed by atoms with Crippen LogP contribution in [0, 0.1) is 5.92 Å². The summed E-state index contributed by atoms with van der Waals surface area (Å²) < 4.78 is 0. The van der Waals surface area contributed by atoms with Gasteiger partial charge in [0.25, 0.3) is 0 Å². The lowest BCUT2D eigenvalue weighted by Crippen LogP contribution is -2.54. The van der Waals surface area contributed by atoms with Crippen molar-refractivity contribution >= 4 is 5.91 Å². The summed E-state index contributed by atoms with van der Waals surface area (Å²) in [4.78, 5) is 13.6. The van der Waals surface area contributed by atoms with Gasteiger partial charge in [0.15, 0.2) is 0 Å². The highest BCUT2D eigenvalue weighted by Gasteiger charge is 2.33. The number of nitrogens with zero attached hydrogens (tertiary/aromatic N) is 1. The van der Waals surface area contributed by atoms with Gasteiger partial charge in [0, 0.05) is 38.0 Å². The molecule has 1 aliphatic carbocycles. The van der Waals surface area contributed by atoms with Gasteiger partial charge in [-0.3, -0.25) is 4.79 Å². The molecule has 0 spiro atoms. The molecule has 1 saturated heterocycles. The zero-order valence-electron chi connectivity index (χ0n) is 12.3. The quantitative estimate of drug-likeness (QED) is 0.813. The number of likely N-dealkylation sites (tertiary alicyclic amines) is 1. The van der Waals surface area contributed by atoms with E-state index in [4.69, 9.17) is 0 Å². The normalized spacial score (nSPS) is 30.6. The molecule has 0 radical (unpaired) electrons. The number of nitrogens with one attached hydrogen (secondary N) is 1. The average molecular weight is 268 g/mol. The van der Waals surface area contributed by atoms with Crippen LogP contribution in [-0.2, 0) is 4.79 Å². The first-order valence-electron chi connectivity index (χ1n) is 7.79. The van der Waals surface area contributed by atoms with Crippen molar-refractivity contribution in [3.63, 3.8) is 0 Å². The second-order valence-corrected chi connectivity index (χ2v) is 6.24. The maximum absolute atomic E-state index is 11.7. The molecule has 0 aromatic carbocycles. The van der Waals surface area contributed by atoms with Gasteiger partial charge in [-0.1, -0.05) is 19.8 Å². The van der Waals surface area contributed by atoms with Crippen molar-refractivity contribution < 1.29 is 9.90 Å². The van der Waals surface area contributed by atoms with E-state index in [-0.39, 0.29) is 17.9 Å². The van der Waals surface area contributed by atoms with E-state index in [9.17, 15) is 9.90 Å². The van der Waals surface area contributed by atoms with Crippen LogP contribution in [0.2, 0.25) is 0 Å². The van der Waals surface area contributed by atoms with Crippen LogP contribution in [0.15, 0.2) is 0 Å². The van der Waals surface area contributed by atoms with Gasteiger partial charge in [0.2, 0.25) is 5.91 Å². The van der Waals surface area contributed by atoms with Gasteiger partial charge in [0.05, 0.1) is 6.10 Å². The van der Waals surface area contributed by atoms with Crippen molar-refractivity contribution in [3.05, 3.63) is 0 Å². The summed E-state index contributed by atoms with van der Waals surface area (Å²) in [6.07, 6.45) is 6.65. The second-order valence-electron chi connectivity index (χ2n) is 6.24. The number of carbonyl (C=O) groups is 1. The fourth-order valence-electron chi connectivity index (χ4n) is 3.55. The van der Waals surface area contributed by atoms with Crippen LogP contribution < -0.4 is 5.32 Å². The van der Waals surface area contributed by atoms with Crippen LogP contribution in [-0.4, -0.2) is 47.2 Å². The number of hydrogen-bond acceptors (Lipinski definition) is 3. The van der Waals surface area contributed by atoms with E-state index in [1.165, 1.54) is 25.7 Å². The van der Waals surface area contributed by atoms with E-state index in [1.807, 2.05) is 11.8 Å². The Labute approximate surface area is 116 Å². The van der Waals surface area contributed by atoms with E-state index < -0.39 is 0 Å². The van der Waals surface area contributed by atoms with Gasteiger partial charge >= 0.3 is 0 Å². The fourth-order valence-corrected chi connectivity index (χ4v) is 3.55. The minimum absolute atomic E-state index is 0.131. The van der Waals surface area contributed by atoms with Gasteiger partial charge in [-0.15, -0.1) is 0 Å². The highest BCUT2D eigenvalue weighted by molar-refractivity contribution is 5.73. The van der Waals surface area contributed by atoms with Crippen molar-refractivity contribution in [2.24, 2.45) is 5.92 Å². The van der Waals surface area contributed by atoms with Gasteiger partial charge in [-0.05, 0) is 25.7 Å². The summed E-state index contributed by atoms with van der Waals surface area (Å²) in [5, 5.41) is 13.8. The summed E-state index contributed by atoms with van der Waals surface area (Å²) in [7, 11) is 0. The smallest absolute Gasteiger partial charge is 0.219 e. The second kappa shape index (κ2) is 6.71. The summed E-state index contributed by atoms with van der Waals surface area (Å²) in [6, 6.07) is 0.975. The molecule has 1 saturated carbocycles. The minimum atomic E-state index is -0.282. The highest BCUT2D eigenvalue weighted by atomic mass is 16.3. The molecule has 1 aliphatic heterocycles. The number of amides is 1. The van der Waals surface area contributed by atoms with Crippen LogP contribution in [0.25, 0.3) is 0 Å². The van der Waals surface area contributed by atoms with E-state index in [0.29, 0.717) is 18.6 Å². The Morgan fingerprint density at radius 3 is 2.58 bits per heavy atom. The molecule has 2 fully saturated rings. The number of rotatable bonds is 4. The highest BCUT2D eigenvalue weighted by Crippen LogP contribution is 2.25. The Morgan fingerprint density at radius 2 is 2.00 bits per heavy atom. The number of carbonyl (C=O) groups excluding carboxylic acids is 1. The van der Waals surface area contributed by atoms with E-state index in [1.54, 1.807) is 6.92 Å². The SMILES string of the molecule is CCC(O)C1CC(NC2CCCC2)CN(C(C)=O)C1. The Morgan fingerprint density at radius 1 is 1.32 bits per heavy atom. The summed E-state index contributed by atoms with van der Waals surface area (Å²) in [5.74, 6) is 0.354. The molecule has 0 aromatic rings. The Bertz CT molecular complexity index is 303. The van der Waals surface area contributed by atoms with Crippen molar-refractivity contribution in [3.8, 4) is 0 Å². The van der Waals surface area contributed by atoms with Crippen LogP contribution in [0.4, 0.5) is 0 Å². The first-order valence-corrected chi connectivity index (χ1v) is 7.79. The first kappa shape index (κ1) is 14.8. The molecule has 0 aromatic heterocycles. The first-order chi connectivity index (χ1) is 9.10. The molecule has 4 heteroatoms. The van der Waals surface area contributed by atoms with Gasteiger partial charge < -0.3 is 15.3 Å². The van der Waals surface area contributed by atoms with Crippen LogP contribution in [0.5, 0.6) is 0 Å². The Kier molecular flexibility index (Phi) is 5.22. The molecule has 19 heavy (non-hydrogen) atoms. The molecule has 2 rings (SSSR count). The molecular formula is C15H28N2O2. The number of hydrogen-bond donors (Lipinski definition) is 2. The summed E-state index contributed by atoms with van der Waals surface area (Å²) >= 11 is 0. The van der Waals surface area contributed by atoms with Crippen molar-refractivity contribution in [1.82, 2.24) is 10.2 Å². The number of aliphatic hydroxyl groups excluding tert-OH is 1. The third kappa shape index (κ3) is 3.93. The maximum atomic E-state index is 11.7. The monoisotopic (exact) mass is 268 g/mol. The molecule has 2 aliphatic rings. The van der Waals surface area contributed by atoms with E-state index >= 15 is 0 Å². The molecule has 2 N–H and O–H groups in total. The Balaban J connectivity index is 1.95. The predicted octanol–water partition coefficient (Wildman–Crippen LogP) is 1.53. The third-order valence-electron chi connectivity index (χ3n) is 4.72. The lowest BCUT2D eigenvalue weighted by Gasteiger charge is -2.40. The molecule has 110 valence electrons. The predicted molar refractivity (Wildman–Crippen MR) is 75.8 cm³/mol. The lowest BCUT2D eigenvalue weighted by atomic mass is 9.88. The molecular weight excluding hydrogens is 240 g/mol. The summed E-state index contributed by atoms with van der Waals surface area (Å²) in [5.41, 5.74) is 0.